The summed E-state index contributed by atoms with van der Waals surface area (Å²) in [7, 11) is 0. The Bertz CT molecular complexity index is 873. The third kappa shape index (κ3) is 5.59. The molecule has 1 heterocycles. The molecule has 1 aromatic carbocycles. The van der Waals surface area contributed by atoms with E-state index in [-0.39, 0.29) is 10.7 Å². The summed E-state index contributed by atoms with van der Waals surface area (Å²) < 4.78 is 40.1. The van der Waals surface area contributed by atoms with Gasteiger partial charge in [-0.1, -0.05) is 32.0 Å². The lowest BCUT2D eigenvalue weighted by molar-refractivity contribution is -0.115. The fourth-order valence-electron chi connectivity index (χ4n) is 2.32. The van der Waals surface area contributed by atoms with Crippen LogP contribution in [0.4, 0.5) is 18.9 Å². The number of aromatic nitrogens is 2. The molecule has 0 aliphatic rings. The van der Waals surface area contributed by atoms with Crippen LogP contribution in [0.25, 0.3) is 0 Å². The van der Waals surface area contributed by atoms with Gasteiger partial charge in [-0.25, -0.2) is 18.2 Å². The monoisotopic (exact) mass is 399 g/mol. The molecule has 0 fully saturated rings. The Morgan fingerprint density at radius 1 is 1.26 bits per heavy atom. The fourth-order valence-corrected chi connectivity index (χ4v) is 3.25. The molecule has 2 aromatic rings. The van der Waals surface area contributed by atoms with E-state index in [1.165, 1.54) is 6.07 Å². The second-order valence-electron chi connectivity index (χ2n) is 5.87. The number of thioether (sulfide) groups is 1. The maximum absolute atomic E-state index is 13.7. The second-order valence-corrected chi connectivity index (χ2v) is 7.06. The highest BCUT2D eigenvalue weighted by Gasteiger charge is 2.22. The number of rotatable bonds is 8. The van der Waals surface area contributed by atoms with Gasteiger partial charge >= 0.3 is 0 Å². The van der Waals surface area contributed by atoms with E-state index in [9.17, 15) is 22.8 Å². The number of anilines is 1. The number of nitrogens with zero attached hydrogens (tertiary/aromatic N) is 1. The van der Waals surface area contributed by atoms with Crippen LogP contribution in [0, 0.1) is 17.5 Å². The summed E-state index contributed by atoms with van der Waals surface area (Å²) >= 11 is 1.02. The number of H-pyrrole nitrogens is 1. The molecule has 1 aromatic heterocycles. The molecule has 27 heavy (non-hydrogen) atoms. The maximum Gasteiger partial charge on any atom is 0.251 e. The zero-order valence-corrected chi connectivity index (χ0v) is 15.8. The quantitative estimate of drug-likeness (QED) is 0.399. The van der Waals surface area contributed by atoms with Crippen molar-refractivity contribution in [3.05, 3.63) is 51.7 Å². The minimum absolute atomic E-state index is 0.279. The van der Waals surface area contributed by atoms with Crippen molar-refractivity contribution in [3.63, 3.8) is 0 Å². The van der Waals surface area contributed by atoms with Crippen molar-refractivity contribution in [1.82, 2.24) is 9.97 Å². The number of carbonyl (C=O) groups excluding carboxylic acids is 1. The molecule has 9 heteroatoms. The van der Waals surface area contributed by atoms with Gasteiger partial charge in [0.05, 0.1) is 10.9 Å². The van der Waals surface area contributed by atoms with Crippen molar-refractivity contribution >= 4 is 23.4 Å². The van der Waals surface area contributed by atoms with Gasteiger partial charge < -0.3 is 10.3 Å². The van der Waals surface area contributed by atoms with Gasteiger partial charge in [-0.2, -0.15) is 0 Å². The molecule has 0 radical (unpaired) electrons. The lowest BCUT2D eigenvalue weighted by atomic mass is 10.2. The Hall–Kier alpha value is -2.29. The van der Waals surface area contributed by atoms with Crippen LogP contribution in [0.5, 0.6) is 0 Å². The number of amides is 1. The van der Waals surface area contributed by atoms with Crippen LogP contribution in [0.15, 0.2) is 28.2 Å². The summed E-state index contributed by atoms with van der Waals surface area (Å²) in [6.07, 6.45) is 2.84. The third-order valence-electron chi connectivity index (χ3n) is 3.77. The first-order valence-corrected chi connectivity index (χ1v) is 9.44. The number of nitrogens with one attached hydrogen (secondary N) is 2. The Balaban J connectivity index is 2.15. The van der Waals surface area contributed by atoms with Gasteiger partial charge in [-0.05, 0) is 31.4 Å². The highest BCUT2D eigenvalue weighted by atomic mass is 32.2. The highest BCUT2D eigenvalue weighted by molar-refractivity contribution is 8.00. The Morgan fingerprint density at radius 2 is 2.00 bits per heavy atom. The normalized spacial score (nSPS) is 12.0. The lowest BCUT2D eigenvalue weighted by Gasteiger charge is -2.15. The minimum atomic E-state index is -1.65. The van der Waals surface area contributed by atoms with E-state index >= 15 is 0 Å². The number of hydrogen-bond acceptors (Lipinski definition) is 4. The van der Waals surface area contributed by atoms with Gasteiger partial charge in [0.1, 0.15) is 0 Å². The van der Waals surface area contributed by atoms with E-state index in [1.54, 1.807) is 6.92 Å². The summed E-state index contributed by atoms with van der Waals surface area (Å²) in [4.78, 5) is 31.1. The number of benzene rings is 1. The number of carbonyl (C=O) groups is 1. The molecule has 0 aliphatic carbocycles. The van der Waals surface area contributed by atoms with Gasteiger partial charge in [-0.15, -0.1) is 0 Å². The van der Waals surface area contributed by atoms with E-state index < -0.39 is 34.3 Å². The van der Waals surface area contributed by atoms with Crippen molar-refractivity contribution in [2.24, 2.45) is 0 Å². The lowest BCUT2D eigenvalue weighted by Crippen LogP contribution is -2.26. The average Bonchev–Trinajstić information content (AvgIpc) is 2.64. The predicted molar refractivity (Wildman–Crippen MR) is 98.4 cm³/mol. The molecule has 0 aliphatic heterocycles. The number of hydrogen-bond donors (Lipinski definition) is 2. The van der Waals surface area contributed by atoms with E-state index in [1.807, 2.05) is 6.92 Å². The van der Waals surface area contributed by atoms with Crippen LogP contribution < -0.4 is 10.9 Å². The van der Waals surface area contributed by atoms with E-state index in [0.29, 0.717) is 18.5 Å². The van der Waals surface area contributed by atoms with Gasteiger partial charge in [0.2, 0.25) is 5.91 Å². The largest absolute Gasteiger partial charge is 0.323 e. The Morgan fingerprint density at radius 3 is 2.67 bits per heavy atom. The van der Waals surface area contributed by atoms with E-state index in [0.717, 1.165) is 36.7 Å². The van der Waals surface area contributed by atoms with Crippen molar-refractivity contribution in [3.8, 4) is 0 Å². The summed E-state index contributed by atoms with van der Waals surface area (Å²) in [6.45, 7) is 3.76. The molecule has 5 nitrogen and oxygen atoms in total. The average molecular weight is 399 g/mol. The van der Waals surface area contributed by atoms with Crippen LogP contribution in [-0.2, 0) is 11.2 Å². The molecule has 1 amide bonds. The molecule has 1 atom stereocenters. The molecule has 1 unspecified atom stereocenters. The Labute approximate surface area is 158 Å². The molecule has 0 saturated heterocycles. The zero-order valence-electron chi connectivity index (χ0n) is 14.9. The SMILES string of the molecule is CCCCc1cc(=O)[nH]c(SC(CC)C(=O)Nc2ccc(F)c(F)c2F)n1. The van der Waals surface area contributed by atoms with Gasteiger partial charge in [0.25, 0.3) is 5.56 Å². The van der Waals surface area contributed by atoms with Crippen LogP contribution in [0.2, 0.25) is 0 Å². The summed E-state index contributed by atoms with van der Waals surface area (Å²) in [5, 5.41) is 1.82. The van der Waals surface area contributed by atoms with Crippen LogP contribution in [-0.4, -0.2) is 21.1 Å². The molecule has 0 saturated carbocycles. The van der Waals surface area contributed by atoms with Crippen molar-refractivity contribution < 1.29 is 18.0 Å². The van der Waals surface area contributed by atoms with Crippen LogP contribution in [0.1, 0.15) is 38.8 Å². The standard InChI is InChI=1S/C18H20F3N3O2S/c1-3-5-6-10-9-14(25)24-18(22-10)27-13(4-2)17(26)23-12-8-7-11(19)15(20)16(12)21/h7-9,13H,3-6H2,1-2H3,(H,23,26)(H,22,24,25). The van der Waals surface area contributed by atoms with Crippen LogP contribution >= 0.6 is 11.8 Å². The second kappa shape index (κ2) is 9.59. The zero-order chi connectivity index (χ0) is 20.0. The Kier molecular flexibility index (Phi) is 7.46. The predicted octanol–water partition coefficient (Wildman–Crippen LogP) is 4.04. The molecule has 2 rings (SSSR count). The number of aryl methyl sites for hydroxylation is 1. The minimum Gasteiger partial charge on any atom is -0.323 e. The molecule has 0 spiro atoms. The first kappa shape index (κ1) is 21.0. The first-order valence-electron chi connectivity index (χ1n) is 8.56. The van der Waals surface area contributed by atoms with Crippen molar-refractivity contribution in [2.45, 2.75) is 49.9 Å². The van der Waals surface area contributed by atoms with Crippen LogP contribution in [0.3, 0.4) is 0 Å². The number of halogens is 3. The smallest absolute Gasteiger partial charge is 0.251 e. The van der Waals surface area contributed by atoms with E-state index in [2.05, 4.69) is 15.3 Å². The van der Waals surface area contributed by atoms with Gasteiger partial charge in [-0.3, -0.25) is 9.59 Å². The molecular formula is C18H20F3N3O2S. The van der Waals surface area contributed by atoms with Crippen molar-refractivity contribution in [2.75, 3.05) is 5.32 Å². The molecule has 146 valence electrons. The molecule has 2 N–H and O–H groups in total. The summed E-state index contributed by atoms with van der Waals surface area (Å²) in [6, 6.07) is 3.10. The van der Waals surface area contributed by atoms with Gasteiger partial charge in [0, 0.05) is 11.8 Å². The van der Waals surface area contributed by atoms with Gasteiger partial charge in [0.15, 0.2) is 22.6 Å². The first-order chi connectivity index (χ1) is 12.8. The maximum atomic E-state index is 13.7. The fraction of sp³-hybridized carbons (Fsp3) is 0.389. The molecule has 0 bridgehead atoms. The number of unbranched alkanes of at least 4 members (excludes halogenated alkanes) is 1. The summed E-state index contributed by atoms with van der Waals surface area (Å²) in [5.74, 6) is -5.05. The topological polar surface area (TPSA) is 74.8 Å². The summed E-state index contributed by atoms with van der Waals surface area (Å²) in [5.41, 5.74) is -0.137. The highest BCUT2D eigenvalue weighted by Crippen LogP contribution is 2.25. The van der Waals surface area contributed by atoms with E-state index in [4.69, 9.17) is 0 Å². The van der Waals surface area contributed by atoms with Crippen molar-refractivity contribution in [1.29, 1.82) is 0 Å². The number of aromatic amines is 1. The molecular weight excluding hydrogens is 379 g/mol. The third-order valence-corrected chi connectivity index (χ3v) is 5.02.